The molecule has 1 fully saturated rings. The molecule has 0 bridgehead atoms. The molecule has 0 radical (unpaired) electrons. The number of amides is 1. The first-order valence-corrected chi connectivity index (χ1v) is 15.7. The number of benzene rings is 2. The van der Waals surface area contributed by atoms with Crippen LogP contribution in [0.3, 0.4) is 0 Å². The lowest BCUT2D eigenvalue weighted by Crippen LogP contribution is -2.38. The van der Waals surface area contributed by atoms with Crippen molar-refractivity contribution in [1.82, 2.24) is 0 Å². The number of esters is 1. The number of halogens is 1. The molecule has 11 heteroatoms. The van der Waals surface area contributed by atoms with Crippen molar-refractivity contribution in [3.8, 4) is 11.5 Å². The molecule has 256 valence electrons. The molecule has 1 amide bonds. The maximum absolute atomic E-state index is 16.2. The second kappa shape index (κ2) is 14.5. The van der Waals surface area contributed by atoms with Crippen LogP contribution in [0.5, 0.6) is 11.5 Å². The van der Waals surface area contributed by atoms with Crippen molar-refractivity contribution in [2.45, 2.75) is 97.3 Å². The number of hydrogen-bond donors (Lipinski definition) is 1. The molecule has 0 unspecified atom stereocenters. The van der Waals surface area contributed by atoms with Gasteiger partial charge in [-0.05, 0) is 83.4 Å². The smallest absolute Gasteiger partial charge is 0.414 e. The summed E-state index contributed by atoms with van der Waals surface area (Å²) in [5.41, 5.74) is 0.582. The third-order valence-corrected chi connectivity index (χ3v) is 7.89. The molecule has 2 aromatic carbocycles. The number of anilines is 1. The maximum Gasteiger partial charge on any atom is 0.414 e. The zero-order valence-corrected chi connectivity index (χ0v) is 28.5. The third kappa shape index (κ3) is 9.12. The zero-order valence-electron chi connectivity index (χ0n) is 28.5. The van der Waals surface area contributed by atoms with Crippen LogP contribution in [0.2, 0.25) is 0 Å². The minimum Gasteiger partial charge on any atom is -0.507 e. The zero-order chi connectivity index (χ0) is 34.7. The van der Waals surface area contributed by atoms with Crippen LogP contribution in [0.1, 0.15) is 76.4 Å². The topological polar surface area (TPSA) is 113 Å². The molecule has 2 heterocycles. The van der Waals surface area contributed by atoms with Gasteiger partial charge in [-0.25, -0.2) is 14.0 Å². The predicted molar refractivity (Wildman–Crippen MR) is 175 cm³/mol. The van der Waals surface area contributed by atoms with Gasteiger partial charge in [0.05, 0.1) is 25.5 Å². The molecule has 2 aliphatic rings. The van der Waals surface area contributed by atoms with E-state index in [-0.39, 0.29) is 24.3 Å². The van der Waals surface area contributed by atoms with E-state index in [1.165, 1.54) is 24.1 Å². The summed E-state index contributed by atoms with van der Waals surface area (Å²) in [6, 6.07) is 10.2. The molecular formula is C36H46FNO9. The molecule has 10 nitrogen and oxygen atoms in total. The van der Waals surface area contributed by atoms with Gasteiger partial charge in [-0.2, -0.15) is 0 Å². The number of rotatable bonds is 5. The van der Waals surface area contributed by atoms with Crippen LogP contribution in [-0.4, -0.2) is 67.1 Å². The van der Waals surface area contributed by atoms with Gasteiger partial charge in [0.1, 0.15) is 46.8 Å². The highest BCUT2D eigenvalue weighted by Gasteiger charge is 2.47. The van der Waals surface area contributed by atoms with E-state index in [0.717, 1.165) is 5.56 Å². The van der Waals surface area contributed by atoms with E-state index in [1.807, 2.05) is 12.1 Å². The van der Waals surface area contributed by atoms with Gasteiger partial charge < -0.3 is 33.5 Å². The molecule has 47 heavy (non-hydrogen) atoms. The van der Waals surface area contributed by atoms with Gasteiger partial charge in [-0.1, -0.05) is 31.2 Å². The summed E-state index contributed by atoms with van der Waals surface area (Å²) < 4.78 is 51.3. The van der Waals surface area contributed by atoms with E-state index < -0.39 is 59.6 Å². The van der Waals surface area contributed by atoms with Crippen molar-refractivity contribution in [3.63, 3.8) is 0 Å². The van der Waals surface area contributed by atoms with Crippen LogP contribution < -0.4 is 9.64 Å². The van der Waals surface area contributed by atoms with Crippen molar-refractivity contribution in [2.75, 3.05) is 19.1 Å². The van der Waals surface area contributed by atoms with Crippen LogP contribution in [0.15, 0.2) is 54.4 Å². The number of fused-ring (bicyclic) bond motifs is 2. The number of ether oxygens (including phenoxy) is 6. The van der Waals surface area contributed by atoms with E-state index in [2.05, 4.69) is 0 Å². The number of carbonyl (C=O) groups is 2. The highest BCUT2D eigenvalue weighted by atomic mass is 19.1. The fourth-order valence-electron chi connectivity index (χ4n) is 5.30. The number of phenols is 1. The first kappa shape index (κ1) is 35.9. The van der Waals surface area contributed by atoms with Crippen LogP contribution >= 0.6 is 0 Å². The SMILES string of the molecule is COc1ccc(CO[C@@H]2/C(F)=C\[C@@H](C)[C@H](C)OC(=O)c3c(O)cc(N(C)C(=O)OC(C)(C)C)cc3/C=C/C[C@@H]3OC(C)(C)O[C@@H]32)cc1. The summed E-state index contributed by atoms with van der Waals surface area (Å²) in [6.45, 7) is 12.2. The van der Waals surface area contributed by atoms with Gasteiger partial charge in [0.25, 0.3) is 0 Å². The average molecular weight is 656 g/mol. The van der Waals surface area contributed by atoms with Crippen LogP contribution in [0.25, 0.3) is 6.08 Å². The monoisotopic (exact) mass is 655 g/mol. The number of nitrogens with zero attached hydrogens (tertiary/aromatic N) is 1. The fraction of sp³-hybridized carbons (Fsp3) is 0.500. The Kier molecular flexibility index (Phi) is 11.0. The highest BCUT2D eigenvalue weighted by Crippen LogP contribution is 2.37. The number of methoxy groups -OCH3 is 1. The molecule has 0 aromatic heterocycles. The Hall–Kier alpha value is -3.93. The largest absolute Gasteiger partial charge is 0.507 e. The summed E-state index contributed by atoms with van der Waals surface area (Å²) >= 11 is 0. The molecule has 0 spiro atoms. The number of carbonyl (C=O) groups excluding carboxylic acids is 2. The molecule has 1 saturated heterocycles. The molecule has 2 aromatic rings. The van der Waals surface area contributed by atoms with Crippen LogP contribution in [0, 0.1) is 5.92 Å². The Bertz CT molecular complexity index is 1500. The number of phenolic OH excluding ortho intramolecular Hbond substituents is 1. The van der Waals surface area contributed by atoms with Crippen molar-refractivity contribution in [1.29, 1.82) is 0 Å². The van der Waals surface area contributed by atoms with Gasteiger partial charge in [-0.3, -0.25) is 4.90 Å². The number of cyclic esters (lactones) is 1. The normalized spacial score (nSPS) is 26.5. The van der Waals surface area contributed by atoms with Crippen LogP contribution in [-0.2, 0) is 30.3 Å². The summed E-state index contributed by atoms with van der Waals surface area (Å²) in [5.74, 6) is -2.69. The van der Waals surface area contributed by atoms with Gasteiger partial charge in [0.2, 0.25) is 0 Å². The molecule has 5 atom stereocenters. The minimum absolute atomic E-state index is 0.0932. The third-order valence-electron chi connectivity index (χ3n) is 7.89. The average Bonchev–Trinajstić information content (AvgIpc) is 3.28. The van der Waals surface area contributed by atoms with Gasteiger partial charge in [0.15, 0.2) is 5.79 Å². The van der Waals surface area contributed by atoms with Gasteiger partial charge in [-0.15, -0.1) is 0 Å². The summed E-state index contributed by atoms with van der Waals surface area (Å²) in [5, 5.41) is 11.1. The van der Waals surface area contributed by atoms with E-state index >= 15 is 4.39 Å². The summed E-state index contributed by atoms with van der Waals surface area (Å²) in [4.78, 5) is 27.5. The minimum atomic E-state index is -1.13. The Morgan fingerprint density at radius 2 is 1.81 bits per heavy atom. The molecule has 2 aliphatic heterocycles. The second-order valence-electron chi connectivity index (χ2n) is 13.3. The number of hydrogen-bond acceptors (Lipinski definition) is 9. The molecule has 0 aliphatic carbocycles. The molecule has 4 rings (SSSR count). The van der Waals surface area contributed by atoms with Crippen LogP contribution in [0.4, 0.5) is 14.9 Å². The Labute approximate surface area is 276 Å². The highest BCUT2D eigenvalue weighted by molar-refractivity contribution is 5.99. The van der Waals surface area contributed by atoms with Gasteiger partial charge >= 0.3 is 12.1 Å². The van der Waals surface area contributed by atoms with E-state index in [0.29, 0.717) is 17.0 Å². The lowest BCUT2D eigenvalue weighted by Gasteiger charge is -2.27. The van der Waals surface area contributed by atoms with Gasteiger partial charge in [0, 0.05) is 19.0 Å². The van der Waals surface area contributed by atoms with E-state index in [9.17, 15) is 14.7 Å². The fourth-order valence-corrected chi connectivity index (χ4v) is 5.30. The summed E-state index contributed by atoms with van der Waals surface area (Å²) in [6.07, 6.45) is 0.980. The molecular weight excluding hydrogens is 609 g/mol. The second-order valence-corrected chi connectivity index (χ2v) is 13.3. The van der Waals surface area contributed by atoms with Crippen molar-refractivity contribution in [3.05, 3.63) is 71.1 Å². The number of aromatic hydroxyl groups is 1. The van der Waals surface area contributed by atoms with Crippen molar-refractivity contribution >= 4 is 23.8 Å². The maximum atomic E-state index is 16.2. The van der Waals surface area contributed by atoms with E-state index in [4.69, 9.17) is 28.4 Å². The lowest BCUT2D eigenvalue weighted by atomic mass is 9.97. The van der Waals surface area contributed by atoms with Crippen molar-refractivity contribution in [2.24, 2.45) is 5.92 Å². The predicted octanol–water partition coefficient (Wildman–Crippen LogP) is 7.33. The Morgan fingerprint density at radius 1 is 1.13 bits per heavy atom. The first-order valence-electron chi connectivity index (χ1n) is 15.7. The quantitative estimate of drug-likeness (QED) is 0.331. The Morgan fingerprint density at radius 3 is 2.45 bits per heavy atom. The molecule has 0 saturated carbocycles. The van der Waals surface area contributed by atoms with E-state index in [1.54, 1.807) is 85.9 Å². The Balaban J connectivity index is 1.72. The van der Waals surface area contributed by atoms with Crippen molar-refractivity contribution < 1.29 is 47.5 Å². The lowest BCUT2D eigenvalue weighted by molar-refractivity contribution is -0.158. The standard InChI is InChI=1S/C36H46FNO9/c1-21-17-27(37)31(43-20-23-13-15-26(42-9)16-14-23)32-29(45-36(6,7)46-32)12-10-11-24-18-25(38(8)34(41)47-35(3,4)5)19-28(39)30(24)33(40)44-22(21)2/h10-11,13-19,21-22,29,31-32,39H,12,20H2,1-9H3/b11-10+,27-17+/t21-,22+,29+,31-,32+/m1/s1. The summed E-state index contributed by atoms with van der Waals surface area (Å²) in [7, 11) is 3.09. The first-order chi connectivity index (χ1) is 22.0. The molecule has 1 N–H and O–H groups in total.